The lowest BCUT2D eigenvalue weighted by molar-refractivity contribution is 0.552. The second-order valence-electron chi connectivity index (χ2n) is 5.16. The van der Waals surface area contributed by atoms with Crippen molar-refractivity contribution in [3.8, 4) is 0 Å². The molecule has 1 saturated heterocycles. The van der Waals surface area contributed by atoms with E-state index >= 15 is 0 Å². The molecule has 1 aromatic rings. The Morgan fingerprint density at radius 3 is 2.63 bits per heavy atom. The third-order valence-corrected chi connectivity index (χ3v) is 3.91. The number of nitrogens with zero attached hydrogens (tertiary/aromatic N) is 4. The molecule has 5 heteroatoms. The Balaban J connectivity index is 2.15. The molecular weight excluding hydrogens is 238 g/mol. The summed E-state index contributed by atoms with van der Waals surface area (Å²) in [7, 11) is 2.10. The first-order valence-electron chi connectivity index (χ1n) is 7.42. The lowest BCUT2D eigenvalue weighted by Gasteiger charge is -2.27. The predicted octanol–water partition coefficient (Wildman–Crippen LogP) is 1.57. The van der Waals surface area contributed by atoms with Crippen molar-refractivity contribution >= 4 is 5.95 Å². The first-order valence-corrected chi connectivity index (χ1v) is 7.42. The molecule has 1 N–H and O–H groups in total. The van der Waals surface area contributed by atoms with Crippen molar-refractivity contribution in [1.82, 2.24) is 20.5 Å². The third kappa shape index (κ3) is 3.41. The summed E-state index contributed by atoms with van der Waals surface area (Å²) < 4.78 is 0. The van der Waals surface area contributed by atoms with Crippen molar-refractivity contribution in [3.05, 3.63) is 11.4 Å². The van der Waals surface area contributed by atoms with Crippen molar-refractivity contribution in [3.63, 3.8) is 0 Å². The number of hydrogen-bond acceptors (Lipinski definition) is 5. The molecule has 19 heavy (non-hydrogen) atoms. The third-order valence-electron chi connectivity index (χ3n) is 3.91. The Labute approximate surface area is 115 Å². The zero-order chi connectivity index (χ0) is 13.7. The first-order chi connectivity index (χ1) is 9.26. The molecule has 5 nitrogen and oxygen atoms in total. The number of rotatable bonds is 4. The van der Waals surface area contributed by atoms with Crippen molar-refractivity contribution in [2.45, 2.75) is 52.0 Å². The van der Waals surface area contributed by atoms with E-state index in [1.165, 1.54) is 12.8 Å². The lowest BCUT2D eigenvalue weighted by Crippen LogP contribution is -2.34. The summed E-state index contributed by atoms with van der Waals surface area (Å²) in [5.74, 6) is 0.779. The van der Waals surface area contributed by atoms with Crippen LogP contribution in [0.2, 0.25) is 0 Å². The summed E-state index contributed by atoms with van der Waals surface area (Å²) in [6.07, 6.45) is 5.39. The van der Waals surface area contributed by atoms with Crippen molar-refractivity contribution in [2.75, 3.05) is 25.0 Å². The molecule has 0 amide bonds. The van der Waals surface area contributed by atoms with Crippen LogP contribution in [0, 0.1) is 0 Å². The molecular formula is C14H25N5. The highest BCUT2D eigenvalue weighted by atomic mass is 15.3. The molecule has 106 valence electrons. The molecule has 0 spiro atoms. The molecule has 0 aliphatic carbocycles. The molecule has 0 bridgehead atoms. The fourth-order valence-electron chi connectivity index (χ4n) is 2.63. The van der Waals surface area contributed by atoms with Gasteiger partial charge in [0.25, 0.3) is 0 Å². The van der Waals surface area contributed by atoms with Gasteiger partial charge in [-0.15, -0.1) is 5.10 Å². The van der Waals surface area contributed by atoms with Crippen LogP contribution in [-0.4, -0.2) is 41.4 Å². The quantitative estimate of drug-likeness (QED) is 0.893. The minimum Gasteiger partial charge on any atom is -0.340 e. The minimum atomic E-state index is 0.522. The zero-order valence-electron chi connectivity index (χ0n) is 12.3. The summed E-state index contributed by atoms with van der Waals surface area (Å²) in [6, 6.07) is 0.522. The number of anilines is 1. The van der Waals surface area contributed by atoms with Gasteiger partial charge >= 0.3 is 0 Å². The second-order valence-corrected chi connectivity index (χ2v) is 5.16. The predicted molar refractivity (Wildman–Crippen MR) is 77.5 cm³/mol. The highest BCUT2D eigenvalue weighted by Crippen LogP contribution is 2.17. The Kier molecular flexibility index (Phi) is 5.07. The van der Waals surface area contributed by atoms with E-state index in [0.717, 1.165) is 49.7 Å². The summed E-state index contributed by atoms with van der Waals surface area (Å²) in [4.78, 5) is 6.91. The summed E-state index contributed by atoms with van der Waals surface area (Å²) >= 11 is 0. The highest BCUT2D eigenvalue weighted by Gasteiger charge is 2.20. The van der Waals surface area contributed by atoms with Crippen LogP contribution in [0.5, 0.6) is 0 Å². The van der Waals surface area contributed by atoms with E-state index < -0.39 is 0 Å². The number of aromatic nitrogens is 3. The van der Waals surface area contributed by atoms with E-state index in [2.05, 4.69) is 41.3 Å². The molecule has 1 aromatic heterocycles. The number of hydrogen-bond donors (Lipinski definition) is 1. The Bertz CT molecular complexity index is 399. The van der Waals surface area contributed by atoms with Gasteiger partial charge in [-0.3, -0.25) is 0 Å². The van der Waals surface area contributed by atoms with Crippen molar-refractivity contribution < 1.29 is 0 Å². The fourth-order valence-corrected chi connectivity index (χ4v) is 2.63. The standard InChI is InChI=1S/C14H25N5/c1-4-12-13(5-2)17-18-14(16-12)19(3)11-7-6-9-15-10-8-11/h11,15H,4-10H2,1-3H3. The molecule has 1 atom stereocenters. The summed E-state index contributed by atoms with van der Waals surface area (Å²) in [6.45, 7) is 6.43. The van der Waals surface area contributed by atoms with E-state index in [-0.39, 0.29) is 0 Å². The molecule has 1 unspecified atom stereocenters. The van der Waals surface area contributed by atoms with Crippen LogP contribution >= 0.6 is 0 Å². The van der Waals surface area contributed by atoms with E-state index in [4.69, 9.17) is 4.98 Å². The SMILES string of the molecule is CCc1nnc(N(C)C2CCCNCC2)nc1CC. The topological polar surface area (TPSA) is 53.9 Å². The van der Waals surface area contributed by atoms with Crippen molar-refractivity contribution in [2.24, 2.45) is 0 Å². The molecule has 0 saturated carbocycles. The Hall–Kier alpha value is -1.23. The van der Waals surface area contributed by atoms with Crippen molar-refractivity contribution in [1.29, 1.82) is 0 Å². The molecule has 2 heterocycles. The lowest BCUT2D eigenvalue weighted by atomic mass is 10.1. The van der Waals surface area contributed by atoms with Gasteiger partial charge in [0.2, 0.25) is 5.95 Å². The Morgan fingerprint density at radius 1 is 1.11 bits per heavy atom. The highest BCUT2D eigenvalue weighted by molar-refractivity contribution is 5.31. The molecule has 1 aliphatic heterocycles. The van der Waals surface area contributed by atoms with Gasteiger partial charge in [0.1, 0.15) is 0 Å². The van der Waals surface area contributed by atoms with Gasteiger partial charge in [-0.2, -0.15) is 5.10 Å². The van der Waals surface area contributed by atoms with Gasteiger partial charge < -0.3 is 10.2 Å². The van der Waals surface area contributed by atoms with E-state index in [1.54, 1.807) is 0 Å². The van der Waals surface area contributed by atoms with E-state index in [1.807, 2.05) is 0 Å². The molecule has 1 fully saturated rings. The van der Waals surface area contributed by atoms with E-state index in [9.17, 15) is 0 Å². The van der Waals surface area contributed by atoms with Crippen LogP contribution in [0.1, 0.15) is 44.5 Å². The first kappa shape index (κ1) is 14.2. The number of aryl methyl sites for hydroxylation is 2. The van der Waals surface area contributed by atoms with Crippen LogP contribution in [0.25, 0.3) is 0 Å². The zero-order valence-corrected chi connectivity index (χ0v) is 12.3. The average Bonchev–Trinajstić information content (AvgIpc) is 2.74. The molecule has 0 aromatic carbocycles. The summed E-state index contributed by atoms with van der Waals surface area (Å²) in [5.41, 5.74) is 2.12. The molecule has 2 rings (SSSR count). The maximum absolute atomic E-state index is 4.70. The second kappa shape index (κ2) is 6.80. The summed E-state index contributed by atoms with van der Waals surface area (Å²) in [5, 5.41) is 12.1. The van der Waals surface area contributed by atoms with Crippen LogP contribution < -0.4 is 10.2 Å². The monoisotopic (exact) mass is 263 g/mol. The fraction of sp³-hybridized carbons (Fsp3) is 0.786. The average molecular weight is 263 g/mol. The van der Waals surface area contributed by atoms with Crippen LogP contribution in [0.3, 0.4) is 0 Å². The van der Waals surface area contributed by atoms with Gasteiger partial charge in [0.15, 0.2) is 0 Å². The van der Waals surface area contributed by atoms with Gasteiger partial charge in [-0.05, 0) is 45.2 Å². The van der Waals surface area contributed by atoms with Gasteiger partial charge in [0, 0.05) is 13.1 Å². The normalized spacial score (nSPS) is 20.1. The van der Waals surface area contributed by atoms with Gasteiger partial charge in [-0.25, -0.2) is 4.98 Å². The van der Waals surface area contributed by atoms with E-state index in [0.29, 0.717) is 6.04 Å². The smallest absolute Gasteiger partial charge is 0.245 e. The molecule has 1 aliphatic rings. The number of nitrogens with one attached hydrogen (secondary N) is 1. The van der Waals surface area contributed by atoms with Crippen LogP contribution in [0.15, 0.2) is 0 Å². The minimum absolute atomic E-state index is 0.522. The largest absolute Gasteiger partial charge is 0.340 e. The van der Waals surface area contributed by atoms with Gasteiger partial charge in [0.05, 0.1) is 11.4 Å². The maximum atomic E-state index is 4.70. The van der Waals surface area contributed by atoms with Crippen LogP contribution in [0.4, 0.5) is 5.95 Å². The van der Waals surface area contributed by atoms with Gasteiger partial charge in [-0.1, -0.05) is 13.8 Å². The van der Waals surface area contributed by atoms with Crippen LogP contribution in [-0.2, 0) is 12.8 Å². The molecule has 0 radical (unpaired) electrons. The Morgan fingerprint density at radius 2 is 1.89 bits per heavy atom. The maximum Gasteiger partial charge on any atom is 0.245 e.